The molecule has 9 aromatic rings. The summed E-state index contributed by atoms with van der Waals surface area (Å²) in [4.78, 5) is 12.6. The highest BCUT2D eigenvalue weighted by molar-refractivity contribution is 6.48. The molecule has 0 aliphatic carbocycles. The zero-order valence-electron chi connectivity index (χ0n) is 34.5. The van der Waals surface area contributed by atoms with Gasteiger partial charge in [0, 0.05) is 0 Å². The van der Waals surface area contributed by atoms with E-state index in [1.165, 1.54) is 12.1 Å². The highest BCUT2D eigenvalue weighted by Crippen LogP contribution is 2.58. The molecule has 0 saturated heterocycles. The van der Waals surface area contributed by atoms with Crippen molar-refractivity contribution < 1.29 is 81.0 Å². The van der Waals surface area contributed by atoms with E-state index in [1.54, 1.807) is 12.1 Å². The summed E-state index contributed by atoms with van der Waals surface area (Å²) < 4.78 is 6.20. The molecule has 0 unspecified atom stereocenters. The van der Waals surface area contributed by atoms with E-state index in [1.807, 2.05) is 30.3 Å². The van der Waals surface area contributed by atoms with Gasteiger partial charge in [0.1, 0.15) is 73.4 Å². The van der Waals surface area contributed by atoms with Crippen molar-refractivity contribution in [3.05, 3.63) is 54.6 Å². The Balaban J connectivity index is 1.38. The molecule has 0 bridgehead atoms. The third kappa shape index (κ3) is 6.32. The Morgan fingerprint density at radius 2 is 0.623 bits per heavy atom. The third-order valence-corrected chi connectivity index (χ3v) is 11.5. The molecule has 2 heterocycles. The molecular formula is C45H24B5N3O16. The van der Waals surface area contributed by atoms with Crippen LogP contribution in [0.15, 0.2) is 59.0 Å². The first kappa shape index (κ1) is 44.9. The molecule has 24 heteroatoms. The molecule has 0 fully saturated rings. The fraction of sp³-hybridized carbons (Fsp3) is 0. The first-order valence-corrected chi connectivity index (χ1v) is 19.5. The van der Waals surface area contributed by atoms with Gasteiger partial charge < -0.3 is 81.0 Å². The van der Waals surface area contributed by atoms with E-state index in [0.29, 0.717) is 0 Å². The van der Waals surface area contributed by atoms with E-state index in [2.05, 4.69) is 15.0 Å². The second-order valence-corrected chi connectivity index (χ2v) is 15.3. The Labute approximate surface area is 391 Å². The standard InChI is InChI=1S/C45H24B5N3O16/c46-21-14(15-26(54)24(49)37(65)40(68)31(15)59)22(47)29(57)19(28(21)56)44-51-43(18-23(48)35(63)36(64)25(50)27(18)55)52-45(53-44)20-34(62)39(67)33(61)17-16-32(60)38(66)30(58)13(41(16)69-42(17)20)12-8-6-11(7-9-12)10-4-2-1-3-5-10/h1-9,54-68H. The van der Waals surface area contributed by atoms with Crippen LogP contribution in [-0.2, 0) is 0 Å². The van der Waals surface area contributed by atoms with Gasteiger partial charge in [-0.1, -0.05) is 54.6 Å². The van der Waals surface area contributed by atoms with Gasteiger partial charge >= 0.3 is 0 Å². The van der Waals surface area contributed by atoms with E-state index < -0.39 is 181 Å². The number of phenolic OH excluding ortho intramolecular Hbond substituents is 15. The number of aromatic nitrogens is 3. The molecule has 9 rings (SSSR count). The average Bonchev–Trinajstić information content (AvgIpc) is 3.73. The van der Waals surface area contributed by atoms with Crippen LogP contribution in [0.1, 0.15) is 0 Å². The minimum atomic E-state index is -1.34. The fourth-order valence-corrected chi connectivity index (χ4v) is 7.97. The topological polar surface area (TPSA) is 355 Å². The molecule has 0 spiro atoms. The van der Waals surface area contributed by atoms with Gasteiger partial charge in [-0.2, -0.15) is 0 Å². The lowest BCUT2D eigenvalue weighted by Gasteiger charge is -2.22. The SMILES string of the molecule is [B]c1c(O)c(O)c([B])c(-c2nc(-c3c(O)c([B])c(-c4c(O)c([B])c(O)c(O)c4O)c([B])c3O)nc(-c3c(O)c(O)c(O)c4c3oc3c(-c5ccc(-c6ccccc6)cc5)c(O)c(O)c(O)c34)n2)c1O. The summed E-state index contributed by atoms with van der Waals surface area (Å²) in [6.07, 6.45) is 0. The van der Waals surface area contributed by atoms with E-state index in [-0.39, 0.29) is 11.1 Å². The summed E-state index contributed by atoms with van der Waals surface area (Å²) in [7, 11) is 30.2. The van der Waals surface area contributed by atoms with Crippen LogP contribution in [0.25, 0.3) is 89.5 Å². The molecule has 0 atom stereocenters. The number of rotatable bonds is 6. The molecule has 7 aromatic carbocycles. The average molecular weight is 917 g/mol. The van der Waals surface area contributed by atoms with Crippen molar-refractivity contribution in [1.82, 2.24) is 15.0 Å². The zero-order chi connectivity index (χ0) is 50.0. The number of aromatic hydroxyl groups is 15. The van der Waals surface area contributed by atoms with Crippen LogP contribution in [0, 0.1) is 0 Å². The fourth-order valence-electron chi connectivity index (χ4n) is 7.97. The van der Waals surface area contributed by atoms with Gasteiger partial charge in [-0.3, -0.25) is 0 Å². The molecular weight excluding hydrogens is 893 g/mol. The predicted molar refractivity (Wildman–Crippen MR) is 252 cm³/mol. The maximum Gasteiger partial charge on any atom is 0.202 e. The number of nitrogens with zero attached hydrogens (tertiary/aromatic N) is 3. The summed E-state index contributed by atoms with van der Waals surface area (Å²) in [5.41, 5.74) is -8.46. The van der Waals surface area contributed by atoms with Crippen molar-refractivity contribution in [2.75, 3.05) is 0 Å². The van der Waals surface area contributed by atoms with Gasteiger partial charge in [0.05, 0.1) is 27.5 Å². The maximum atomic E-state index is 11.7. The van der Waals surface area contributed by atoms with Gasteiger partial charge in [-0.15, -0.1) is 0 Å². The van der Waals surface area contributed by atoms with Gasteiger partial charge in [-0.25, -0.2) is 15.0 Å². The highest BCUT2D eigenvalue weighted by Gasteiger charge is 2.35. The maximum absolute atomic E-state index is 11.7. The number of benzene rings is 7. The molecule has 69 heavy (non-hydrogen) atoms. The number of fused-ring (bicyclic) bond motifs is 3. The molecule has 0 amide bonds. The minimum Gasteiger partial charge on any atom is -0.508 e. The van der Waals surface area contributed by atoms with Gasteiger partial charge in [-0.05, 0) is 49.6 Å². The summed E-state index contributed by atoms with van der Waals surface area (Å²) in [6.45, 7) is 0. The largest absolute Gasteiger partial charge is 0.508 e. The third-order valence-electron chi connectivity index (χ3n) is 11.5. The van der Waals surface area contributed by atoms with Crippen LogP contribution in [0.5, 0.6) is 86.2 Å². The number of hydrogen-bond donors (Lipinski definition) is 15. The Morgan fingerprint density at radius 1 is 0.275 bits per heavy atom. The van der Waals surface area contributed by atoms with Crippen molar-refractivity contribution in [2.24, 2.45) is 0 Å². The van der Waals surface area contributed by atoms with Crippen molar-refractivity contribution >= 4 is 88.5 Å². The quantitative estimate of drug-likeness (QED) is 0.0635. The number of hydrogen-bond acceptors (Lipinski definition) is 19. The Bertz CT molecular complexity index is 3650. The van der Waals surface area contributed by atoms with Crippen LogP contribution in [0.3, 0.4) is 0 Å². The molecule has 0 saturated carbocycles. The number of phenols is 15. The van der Waals surface area contributed by atoms with Gasteiger partial charge in [0.2, 0.25) is 17.2 Å². The zero-order valence-corrected chi connectivity index (χ0v) is 34.5. The Hall–Kier alpha value is -9.33. The van der Waals surface area contributed by atoms with Crippen molar-refractivity contribution in [3.63, 3.8) is 0 Å². The second kappa shape index (κ2) is 15.6. The van der Waals surface area contributed by atoms with E-state index in [0.717, 1.165) is 11.1 Å². The van der Waals surface area contributed by atoms with Crippen LogP contribution in [0.2, 0.25) is 0 Å². The first-order chi connectivity index (χ1) is 32.6. The summed E-state index contributed by atoms with van der Waals surface area (Å²) in [6, 6.07) is 15.5. The minimum absolute atomic E-state index is 0.165. The smallest absolute Gasteiger partial charge is 0.202 e. The summed E-state index contributed by atoms with van der Waals surface area (Å²) >= 11 is 0. The predicted octanol–water partition coefficient (Wildman–Crippen LogP) is 1.33. The first-order valence-electron chi connectivity index (χ1n) is 19.5. The van der Waals surface area contributed by atoms with E-state index >= 15 is 0 Å². The van der Waals surface area contributed by atoms with Gasteiger partial charge in [0.25, 0.3) is 0 Å². The normalized spacial score (nSPS) is 11.5. The van der Waals surface area contributed by atoms with Crippen LogP contribution >= 0.6 is 0 Å². The van der Waals surface area contributed by atoms with Crippen molar-refractivity contribution in [1.29, 1.82) is 0 Å². The second-order valence-electron chi connectivity index (χ2n) is 15.3. The molecule has 0 aliphatic rings. The Morgan fingerprint density at radius 3 is 1.16 bits per heavy atom. The lowest BCUT2D eigenvalue weighted by atomic mass is 9.73. The number of furan rings is 1. The van der Waals surface area contributed by atoms with Crippen LogP contribution < -0.4 is 27.3 Å². The molecule has 330 valence electrons. The lowest BCUT2D eigenvalue weighted by Crippen LogP contribution is -2.23. The van der Waals surface area contributed by atoms with Crippen molar-refractivity contribution in [2.45, 2.75) is 0 Å². The molecule has 2 aromatic heterocycles. The Kier molecular flexibility index (Phi) is 10.2. The lowest BCUT2D eigenvalue weighted by molar-refractivity contribution is 0.365. The highest BCUT2D eigenvalue weighted by atomic mass is 16.4. The summed E-state index contributed by atoms with van der Waals surface area (Å²) in [5, 5.41) is 165. The van der Waals surface area contributed by atoms with E-state index in [9.17, 15) is 76.6 Å². The monoisotopic (exact) mass is 917 g/mol. The van der Waals surface area contributed by atoms with Gasteiger partial charge in [0.15, 0.2) is 74.6 Å². The molecule has 0 aliphatic heterocycles. The summed E-state index contributed by atoms with van der Waals surface area (Å²) in [5.74, 6) is -20.2. The van der Waals surface area contributed by atoms with Crippen molar-refractivity contribution in [3.8, 4) is 154 Å². The van der Waals surface area contributed by atoms with Crippen LogP contribution in [-0.4, -0.2) is 131 Å². The molecule has 15 N–H and O–H groups in total. The molecule has 10 radical (unpaired) electrons. The van der Waals surface area contributed by atoms with Crippen LogP contribution in [0.4, 0.5) is 0 Å². The van der Waals surface area contributed by atoms with E-state index in [4.69, 9.17) is 43.6 Å². The molecule has 19 nitrogen and oxygen atoms in total.